The number of ether oxygens (including phenoxy) is 6. The number of hydrogen-bond donors (Lipinski definition) is 0. The summed E-state index contributed by atoms with van der Waals surface area (Å²) in [5, 5.41) is 18.0. The van der Waals surface area contributed by atoms with E-state index in [0.29, 0.717) is 36.7 Å². The molecule has 0 bridgehead atoms. The van der Waals surface area contributed by atoms with Crippen molar-refractivity contribution in [2.45, 2.75) is 97.8 Å². The van der Waals surface area contributed by atoms with E-state index in [1.807, 2.05) is 36.4 Å². The Morgan fingerprint density at radius 1 is 0.707 bits per heavy atom. The fourth-order valence-electron chi connectivity index (χ4n) is 6.49. The molecule has 0 aliphatic heterocycles. The number of carbonyl (C=O) groups excluding carboxylic acids is 4. The quantitative estimate of drug-likeness (QED) is 0.0406. The van der Waals surface area contributed by atoms with Gasteiger partial charge in [-0.25, -0.2) is 9.59 Å². The number of carbonyl (C=O) groups is 4. The van der Waals surface area contributed by atoms with Gasteiger partial charge in [-0.2, -0.15) is 10.5 Å². The van der Waals surface area contributed by atoms with Crippen molar-refractivity contribution in [3.63, 3.8) is 0 Å². The summed E-state index contributed by atoms with van der Waals surface area (Å²) < 4.78 is 34.1. The van der Waals surface area contributed by atoms with Crippen LogP contribution in [0.5, 0.6) is 11.5 Å². The Morgan fingerprint density at radius 2 is 1.28 bits per heavy atom. The normalized spacial score (nSPS) is 14.8. The number of benzene rings is 2. The molecule has 0 amide bonds. The van der Waals surface area contributed by atoms with Crippen molar-refractivity contribution >= 4 is 23.9 Å². The van der Waals surface area contributed by atoms with E-state index in [1.165, 1.54) is 58.3 Å². The third-order valence-corrected chi connectivity index (χ3v) is 10.0. The minimum atomic E-state index is -1.45. The summed E-state index contributed by atoms with van der Waals surface area (Å²) in [7, 11) is 0. The van der Waals surface area contributed by atoms with Gasteiger partial charge in [-0.15, -0.1) is 0 Å². The van der Waals surface area contributed by atoms with E-state index in [4.69, 9.17) is 38.9 Å². The van der Waals surface area contributed by atoms with Crippen LogP contribution in [0.3, 0.4) is 0 Å². The highest BCUT2D eigenvalue weighted by Crippen LogP contribution is 2.34. The van der Waals surface area contributed by atoms with Crippen molar-refractivity contribution in [1.82, 2.24) is 0 Å². The number of nitriles is 2. The largest absolute Gasteiger partial charge is 0.493 e. The molecule has 2 aromatic carbocycles. The second-order valence-electron chi connectivity index (χ2n) is 15.2. The second-order valence-corrected chi connectivity index (χ2v) is 15.2. The first kappa shape index (κ1) is 46.8. The molecule has 3 rings (SSSR count). The van der Waals surface area contributed by atoms with Gasteiger partial charge >= 0.3 is 23.9 Å². The zero-order valence-electron chi connectivity index (χ0n) is 34.3. The summed E-state index contributed by atoms with van der Waals surface area (Å²) in [6.07, 6.45) is 10.0. The highest BCUT2D eigenvalue weighted by Gasteiger charge is 2.38. The van der Waals surface area contributed by atoms with E-state index in [0.717, 1.165) is 28.4 Å². The van der Waals surface area contributed by atoms with Crippen LogP contribution in [0.2, 0.25) is 0 Å². The maximum atomic E-state index is 12.5. The van der Waals surface area contributed by atoms with E-state index in [-0.39, 0.29) is 18.8 Å². The third kappa shape index (κ3) is 16.5. The Balaban J connectivity index is 1.83. The van der Waals surface area contributed by atoms with Gasteiger partial charge in [0.15, 0.2) is 0 Å². The average Bonchev–Trinajstić information content (AvgIpc) is 3.22. The summed E-state index contributed by atoms with van der Waals surface area (Å²) >= 11 is 0. The standard InChI is InChI=1S/C46H58N2O10/c1-6-7-8-10-35-12-14-36(15-13-35)28-54-40-19-16-37(17-20-40)38-18-21-41(39(27-38)11-9-26-53-44(51)33(2)3)55-29-46(30-56-42(49)22-24-47,31-57-43(50)23-25-48)32-58-45(52)34(4)5/h16-21,27,35-36H,2,4,6-15,22-23,26,28-32H2,1,3,5H3. The van der Waals surface area contributed by atoms with E-state index in [9.17, 15) is 19.2 Å². The Bertz CT molecular complexity index is 1750. The summed E-state index contributed by atoms with van der Waals surface area (Å²) in [4.78, 5) is 49.1. The lowest BCUT2D eigenvalue weighted by molar-refractivity contribution is -0.162. The molecule has 12 heteroatoms. The van der Waals surface area contributed by atoms with E-state index >= 15 is 0 Å². The second kappa shape index (κ2) is 24.9. The van der Waals surface area contributed by atoms with Crippen LogP contribution in [0.25, 0.3) is 11.1 Å². The van der Waals surface area contributed by atoms with Crippen molar-refractivity contribution < 1.29 is 47.6 Å². The molecule has 2 aromatic rings. The molecule has 58 heavy (non-hydrogen) atoms. The number of aryl methyl sites for hydroxylation is 1. The molecule has 1 aliphatic rings. The molecular weight excluding hydrogens is 741 g/mol. The summed E-state index contributed by atoms with van der Waals surface area (Å²) in [5.41, 5.74) is 1.54. The van der Waals surface area contributed by atoms with Gasteiger partial charge in [-0.05, 0) is 92.3 Å². The summed E-state index contributed by atoms with van der Waals surface area (Å²) in [6, 6.07) is 17.0. The van der Waals surface area contributed by atoms with Gasteiger partial charge in [-0.3, -0.25) is 9.59 Å². The van der Waals surface area contributed by atoms with Crippen LogP contribution in [0, 0.1) is 39.9 Å². The van der Waals surface area contributed by atoms with Crippen LogP contribution < -0.4 is 9.47 Å². The fraction of sp³-hybridized carbons (Fsp3) is 0.522. The summed E-state index contributed by atoms with van der Waals surface area (Å²) in [6.45, 7) is 11.8. The predicted octanol–water partition coefficient (Wildman–Crippen LogP) is 8.57. The molecule has 1 aliphatic carbocycles. The Labute approximate surface area is 343 Å². The Morgan fingerprint density at radius 3 is 1.86 bits per heavy atom. The maximum absolute atomic E-state index is 12.5. The van der Waals surface area contributed by atoms with Gasteiger partial charge < -0.3 is 28.4 Å². The van der Waals surface area contributed by atoms with Gasteiger partial charge in [0.05, 0.1) is 25.4 Å². The molecule has 0 atom stereocenters. The predicted molar refractivity (Wildman–Crippen MR) is 217 cm³/mol. The minimum Gasteiger partial charge on any atom is -0.493 e. The maximum Gasteiger partial charge on any atom is 0.333 e. The zero-order chi connectivity index (χ0) is 42.3. The Kier molecular flexibility index (Phi) is 20.1. The van der Waals surface area contributed by atoms with E-state index in [2.05, 4.69) is 20.1 Å². The van der Waals surface area contributed by atoms with E-state index < -0.39 is 62.0 Å². The monoisotopic (exact) mass is 798 g/mol. The van der Waals surface area contributed by atoms with Crippen molar-refractivity contribution in [2.75, 3.05) is 39.6 Å². The number of nitrogens with zero attached hydrogens (tertiary/aromatic N) is 2. The number of esters is 4. The van der Waals surface area contributed by atoms with Gasteiger partial charge in [0.2, 0.25) is 0 Å². The first-order valence-electron chi connectivity index (χ1n) is 20.1. The van der Waals surface area contributed by atoms with Gasteiger partial charge in [0, 0.05) is 11.1 Å². The molecule has 12 nitrogen and oxygen atoms in total. The van der Waals surface area contributed by atoms with Crippen LogP contribution in [0.15, 0.2) is 66.8 Å². The smallest absolute Gasteiger partial charge is 0.333 e. The number of rotatable bonds is 25. The minimum absolute atomic E-state index is 0.109. The molecule has 0 heterocycles. The molecule has 0 spiro atoms. The first-order chi connectivity index (χ1) is 27.9. The van der Waals surface area contributed by atoms with Gasteiger partial charge in [0.25, 0.3) is 0 Å². The van der Waals surface area contributed by atoms with Crippen molar-refractivity contribution in [3.8, 4) is 34.8 Å². The molecule has 0 unspecified atom stereocenters. The van der Waals surface area contributed by atoms with Gasteiger partial charge in [-0.1, -0.05) is 76.8 Å². The molecule has 0 aromatic heterocycles. The summed E-state index contributed by atoms with van der Waals surface area (Å²) in [5.74, 6) is -0.252. The molecule has 1 saturated carbocycles. The molecule has 0 saturated heterocycles. The fourth-order valence-corrected chi connectivity index (χ4v) is 6.49. The van der Waals surface area contributed by atoms with Crippen LogP contribution >= 0.6 is 0 Å². The molecular formula is C46H58N2O10. The topological polar surface area (TPSA) is 171 Å². The van der Waals surface area contributed by atoms with Crippen LogP contribution in [-0.2, 0) is 44.5 Å². The first-order valence-corrected chi connectivity index (χ1v) is 20.1. The molecule has 312 valence electrons. The zero-order valence-corrected chi connectivity index (χ0v) is 34.3. The van der Waals surface area contributed by atoms with Crippen molar-refractivity contribution in [1.29, 1.82) is 10.5 Å². The average molecular weight is 799 g/mol. The van der Waals surface area contributed by atoms with Crippen molar-refractivity contribution in [2.24, 2.45) is 17.3 Å². The van der Waals surface area contributed by atoms with Crippen LogP contribution in [0.4, 0.5) is 0 Å². The van der Waals surface area contributed by atoms with Gasteiger partial charge in [0.1, 0.15) is 56.2 Å². The lowest BCUT2D eigenvalue weighted by atomic mass is 9.80. The lowest BCUT2D eigenvalue weighted by Gasteiger charge is -2.32. The van der Waals surface area contributed by atoms with Crippen LogP contribution in [0.1, 0.15) is 97.0 Å². The number of hydrogen-bond acceptors (Lipinski definition) is 12. The Hall–Kier alpha value is -5.62. The molecule has 0 radical (unpaired) electrons. The SMILES string of the molecule is C=C(C)C(=O)OCCCc1cc(-c2ccc(OCC3CCC(CCCCC)CC3)cc2)ccc1OCC(COC(=O)CC#N)(COC(=O)CC#N)COC(=O)C(=C)C. The van der Waals surface area contributed by atoms with E-state index in [1.54, 1.807) is 25.1 Å². The highest BCUT2D eigenvalue weighted by molar-refractivity contribution is 5.87. The third-order valence-electron chi connectivity index (χ3n) is 10.0. The molecule has 1 fully saturated rings. The lowest BCUT2D eigenvalue weighted by Crippen LogP contribution is -2.44. The van der Waals surface area contributed by atoms with Crippen molar-refractivity contribution in [3.05, 3.63) is 72.3 Å². The number of unbranched alkanes of at least 4 members (excludes halogenated alkanes) is 2. The van der Waals surface area contributed by atoms with Crippen LogP contribution in [-0.4, -0.2) is 63.5 Å². The highest BCUT2D eigenvalue weighted by atomic mass is 16.6. The molecule has 0 N–H and O–H groups in total.